The molecular formula is C16H16N4O3. The Morgan fingerprint density at radius 3 is 2.83 bits per heavy atom. The number of carboxylic acid groups (broad SMARTS) is 1. The van der Waals surface area contributed by atoms with E-state index in [1.165, 1.54) is 18.9 Å². The van der Waals surface area contributed by atoms with Crippen molar-refractivity contribution in [2.24, 2.45) is 5.92 Å². The van der Waals surface area contributed by atoms with Crippen LogP contribution in [0.5, 0.6) is 0 Å². The maximum absolute atomic E-state index is 12.2. The third-order valence-corrected chi connectivity index (χ3v) is 4.42. The Labute approximate surface area is 131 Å². The van der Waals surface area contributed by atoms with Gasteiger partial charge in [-0.3, -0.25) is 9.20 Å². The molecule has 0 atom stereocenters. The summed E-state index contributed by atoms with van der Waals surface area (Å²) in [5.74, 6) is 0.385. The van der Waals surface area contributed by atoms with Crippen LogP contribution in [-0.4, -0.2) is 30.7 Å². The molecule has 1 aliphatic carbocycles. The molecule has 0 bridgehead atoms. The Morgan fingerprint density at radius 2 is 2.17 bits per heavy atom. The molecular weight excluding hydrogens is 296 g/mol. The van der Waals surface area contributed by atoms with E-state index < -0.39 is 5.97 Å². The van der Waals surface area contributed by atoms with E-state index in [0.717, 1.165) is 23.3 Å². The standard InChI is InChI=1S/C16H16N4O3/c1-2-9-6-12-11(7-10(9)16(22)23)17-15(21)14-19-18-13(20(12)14)5-8-3-4-8/h6-8H,2-5H2,1H3,(H,17,21)(H,22,23). The third-order valence-electron chi connectivity index (χ3n) is 4.42. The Morgan fingerprint density at radius 1 is 1.39 bits per heavy atom. The summed E-state index contributed by atoms with van der Waals surface area (Å²) in [4.78, 5) is 26.4. The van der Waals surface area contributed by atoms with Crippen LogP contribution in [-0.2, 0) is 12.8 Å². The average molecular weight is 312 g/mol. The number of aryl methyl sites for hydroxylation is 1. The number of benzene rings is 1. The lowest BCUT2D eigenvalue weighted by molar-refractivity contribution is 0.0696. The molecule has 1 aromatic carbocycles. The zero-order chi connectivity index (χ0) is 16.1. The van der Waals surface area contributed by atoms with Gasteiger partial charge in [0.1, 0.15) is 5.82 Å². The summed E-state index contributed by atoms with van der Waals surface area (Å²) in [5, 5.41) is 17.5. The van der Waals surface area contributed by atoms with Crippen LogP contribution in [0.3, 0.4) is 0 Å². The number of aromatic carboxylic acids is 1. The zero-order valence-electron chi connectivity index (χ0n) is 12.7. The minimum atomic E-state index is -0.994. The molecule has 0 amide bonds. The first-order chi connectivity index (χ1) is 11.1. The highest BCUT2D eigenvalue weighted by Gasteiger charge is 2.25. The summed E-state index contributed by atoms with van der Waals surface area (Å²) in [6.07, 6.45) is 3.75. The van der Waals surface area contributed by atoms with Gasteiger partial charge in [-0.25, -0.2) is 4.79 Å². The largest absolute Gasteiger partial charge is 0.478 e. The number of rotatable bonds is 4. The summed E-state index contributed by atoms with van der Waals surface area (Å²) in [6, 6.07) is 3.35. The summed E-state index contributed by atoms with van der Waals surface area (Å²) in [7, 11) is 0. The maximum Gasteiger partial charge on any atom is 0.336 e. The predicted molar refractivity (Wildman–Crippen MR) is 83.9 cm³/mol. The van der Waals surface area contributed by atoms with Crippen LogP contribution >= 0.6 is 0 Å². The van der Waals surface area contributed by atoms with Gasteiger partial charge in [0.15, 0.2) is 0 Å². The Bertz CT molecular complexity index is 998. The highest BCUT2D eigenvalue weighted by Crippen LogP contribution is 2.32. The number of nitrogens with zero attached hydrogens (tertiary/aromatic N) is 3. The van der Waals surface area contributed by atoms with Gasteiger partial charge in [0.2, 0.25) is 5.65 Å². The van der Waals surface area contributed by atoms with Gasteiger partial charge in [0.05, 0.1) is 16.6 Å². The molecule has 7 nitrogen and oxygen atoms in total. The number of hydrogen-bond donors (Lipinski definition) is 2. The zero-order valence-corrected chi connectivity index (χ0v) is 12.7. The summed E-state index contributed by atoms with van der Waals surface area (Å²) >= 11 is 0. The van der Waals surface area contributed by atoms with Crippen LogP contribution in [0.2, 0.25) is 0 Å². The molecule has 23 heavy (non-hydrogen) atoms. The monoisotopic (exact) mass is 312 g/mol. The number of hydrogen-bond acceptors (Lipinski definition) is 4. The quantitative estimate of drug-likeness (QED) is 0.765. The summed E-state index contributed by atoms with van der Waals surface area (Å²) in [5.41, 5.74) is 2.10. The van der Waals surface area contributed by atoms with E-state index in [0.29, 0.717) is 17.9 Å². The van der Waals surface area contributed by atoms with Crippen LogP contribution in [0.4, 0.5) is 0 Å². The second-order valence-corrected chi connectivity index (χ2v) is 6.06. The molecule has 1 saturated carbocycles. The number of H-pyrrole nitrogens is 1. The first kappa shape index (κ1) is 13.9. The topological polar surface area (TPSA) is 100 Å². The second-order valence-electron chi connectivity index (χ2n) is 6.06. The highest BCUT2D eigenvalue weighted by molar-refractivity contribution is 5.94. The summed E-state index contributed by atoms with van der Waals surface area (Å²) in [6.45, 7) is 1.91. The fraction of sp³-hybridized carbons (Fsp3) is 0.375. The molecule has 0 aliphatic heterocycles. The smallest absolute Gasteiger partial charge is 0.336 e. The lowest BCUT2D eigenvalue weighted by Gasteiger charge is -2.09. The van der Waals surface area contributed by atoms with Gasteiger partial charge in [-0.05, 0) is 42.9 Å². The minimum absolute atomic E-state index is 0.215. The number of carboxylic acids is 1. The van der Waals surface area contributed by atoms with Crippen molar-refractivity contribution in [3.8, 4) is 0 Å². The molecule has 0 unspecified atom stereocenters. The average Bonchev–Trinajstić information content (AvgIpc) is 3.24. The van der Waals surface area contributed by atoms with Crippen molar-refractivity contribution in [2.75, 3.05) is 0 Å². The van der Waals surface area contributed by atoms with E-state index in [2.05, 4.69) is 15.2 Å². The van der Waals surface area contributed by atoms with Crippen molar-refractivity contribution in [1.29, 1.82) is 0 Å². The molecule has 2 N–H and O–H groups in total. The number of aromatic amines is 1. The van der Waals surface area contributed by atoms with E-state index in [1.807, 2.05) is 13.0 Å². The van der Waals surface area contributed by atoms with E-state index in [-0.39, 0.29) is 16.8 Å². The number of fused-ring (bicyclic) bond motifs is 3. The maximum atomic E-state index is 12.2. The first-order valence-corrected chi connectivity index (χ1v) is 7.74. The third kappa shape index (κ3) is 2.19. The van der Waals surface area contributed by atoms with E-state index >= 15 is 0 Å². The summed E-state index contributed by atoms with van der Waals surface area (Å²) < 4.78 is 1.78. The molecule has 118 valence electrons. The highest BCUT2D eigenvalue weighted by atomic mass is 16.4. The van der Waals surface area contributed by atoms with Crippen molar-refractivity contribution >= 4 is 22.6 Å². The van der Waals surface area contributed by atoms with E-state index in [9.17, 15) is 14.7 Å². The Kier molecular flexibility index (Phi) is 2.97. The molecule has 1 fully saturated rings. The molecule has 1 aliphatic rings. The molecule has 7 heteroatoms. The molecule has 4 rings (SSSR count). The number of nitrogens with one attached hydrogen (secondary N) is 1. The van der Waals surface area contributed by atoms with Crippen molar-refractivity contribution < 1.29 is 9.90 Å². The minimum Gasteiger partial charge on any atom is -0.478 e. The molecule has 0 spiro atoms. The van der Waals surface area contributed by atoms with Crippen molar-refractivity contribution in [3.05, 3.63) is 39.4 Å². The van der Waals surface area contributed by atoms with Gasteiger partial charge in [0.25, 0.3) is 5.56 Å². The van der Waals surface area contributed by atoms with E-state index in [4.69, 9.17) is 0 Å². The van der Waals surface area contributed by atoms with Gasteiger partial charge >= 0.3 is 5.97 Å². The second kappa shape index (κ2) is 4.91. The lowest BCUT2D eigenvalue weighted by Crippen LogP contribution is -2.13. The van der Waals surface area contributed by atoms with Crippen LogP contribution < -0.4 is 5.56 Å². The molecule has 3 aromatic rings. The fourth-order valence-electron chi connectivity index (χ4n) is 3.02. The van der Waals surface area contributed by atoms with E-state index in [1.54, 1.807) is 4.40 Å². The van der Waals surface area contributed by atoms with Crippen molar-refractivity contribution in [2.45, 2.75) is 32.6 Å². The Hall–Kier alpha value is -2.70. The number of carbonyl (C=O) groups is 1. The van der Waals surface area contributed by atoms with Gasteiger partial charge in [-0.15, -0.1) is 10.2 Å². The van der Waals surface area contributed by atoms with Gasteiger partial charge in [-0.1, -0.05) is 6.92 Å². The van der Waals surface area contributed by atoms with Crippen LogP contribution in [0.25, 0.3) is 16.7 Å². The first-order valence-electron chi connectivity index (χ1n) is 7.74. The molecule has 2 aromatic heterocycles. The predicted octanol–water partition coefficient (Wildman–Crippen LogP) is 1.78. The van der Waals surface area contributed by atoms with Gasteiger partial charge < -0.3 is 10.1 Å². The fourth-order valence-corrected chi connectivity index (χ4v) is 3.02. The molecule has 2 heterocycles. The van der Waals surface area contributed by atoms with Crippen molar-refractivity contribution in [3.63, 3.8) is 0 Å². The van der Waals surface area contributed by atoms with Crippen molar-refractivity contribution in [1.82, 2.24) is 19.6 Å². The lowest BCUT2D eigenvalue weighted by atomic mass is 10.0. The number of aromatic nitrogens is 4. The Balaban J connectivity index is 2.07. The van der Waals surface area contributed by atoms with Crippen LogP contribution in [0, 0.1) is 5.92 Å². The molecule has 0 saturated heterocycles. The van der Waals surface area contributed by atoms with Gasteiger partial charge in [0, 0.05) is 6.42 Å². The molecule has 0 radical (unpaired) electrons. The van der Waals surface area contributed by atoms with Crippen LogP contribution in [0.1, 0.15) is 41.5 Å². The normalized spacial score (nSPS) is 14.7. The van der Waals surface area contributed by atoms with Crippen LogP contribution in [0.15, 0.2) is 16.9 Å². The SMILES string of the molecule is CCc1cc2c(cc1C(=O)O)[nH]c(=O)c1nnc(CC3CC3)n12. The van der Waals surface area contributed by atoms with Gasteiger partial charge in [-0.2, -0.15) is 0 Å².